The van der Waals surface area contributed by atoms with Gasteiger partial charge in [0.15, 0.2) is 0 Å². The molecule has 4 atom stereocenters. The fraction of sp³-hybridized carbons (Fsp3) is 0.577. The number of nitrogens with one attached hydrogen (secondary N) is 1. The molecule has 2 saturated heterocycles. The summed E-state index contributed by atoms with van der Waals surface area (Å²) < 4.78 is 39.8. The van der Waals surface area contributed by atoms with Crippen molar-refractivity contribution in [3.63, 3.8) is 0 Å². The molecule has 2 fully saturated rings. The topological polar surface area (TPSA) is 91.6 Å². The van der Waals surface area contributed by atoms with E-state index in [4.69, 9.17) is 10.7 Å². The van der Waals surface area contributed by atoms with E-state index in [1.54, 1.807) is 15.9 Å². The monoisotopic (exact) mass is 537 g/mol. The molecular formula is C26H34F3N5O2S. The summed E-state index contributed by atoms with van der Waals surface area (Å²) in [4.78, 5) is 34.8. The SMILES string of the molecule is CC(C)NC(=O)N1C[C@H](c2csc(-c3cccc(C(F)(F)F)c3)n2)[C@@H]2[C@H]1CCN2C(=O)[C@@H](N)C(C)(C)C. The minimum Gasteiger partial charge on any atom is -0.336 e. The summed E-state index contributed by atoms with van der Waals surface area (Å²) in [6.45, 7) is 10.4. The van der Waals surface area contributed by atoms with E-state index in [1.807, 2.05) is 40.0 Å². The maximum absolute atomic E-state index is 13.5. The molecule has 3 heterocycles. The average Bonchev–Trinajstić information content (AvgIpc) is 3.52. The third-order valence-corrected chi connectivity index (χ3v) is 8.03. The predicted molar refractivity (Wildman–Crippen MR) is 137 cm³/mol. The van der Waals surface area contributed by atoms with Crippen molar-refractivity contribution in [1.29, 1.82) is 0 Å². The second-order valence-electron chi connectivity index (χ2n) is 11.2. The first-order valence-corrected chi connectivity index (χ1v) is 13.3. The number of nitrogens with two attached hydrogens (primary N) is 1. The normalized spacial score (nSPS) is 22.9. The van der Waals surface area contributed by atoms with Gasteiger partial charge in [-0.3, -0.25) is 4.79 Å². The van der Waals surface area contributed by atoms with Crippen LogP contribution < -0.4 is 11.1 Å². The van der Waals surface area contributed by atoms with Crippen LogP contribution in [0, 0.1) is 5.41 Å². The number of likely N-dealkylation sites (tertiary alicyclic amines) is 2. The lowest BCUT2D eigenvalue weighted by Crippen LogP contribution is -2.53. The number of hydrogen-bond acceptors (Lipinski definition) is 5. The molecule has 4 rings (SSSR count). The van der Waals surface area contributed by atoms with Gasteiger partial charge >= 0.3 is 12.2 Å². The van der Waals surface area contributed by atoms with Gasteiger partial charge in [0.1, 0.15) is 5.01 Å². The molecule has 7 nitrogen and oxygen atoms in total. The van der Waals surface area contributed by atoms with Crippen molar-refractivity contribution in [3.05, 3.63) is 40.9 Å². The highest BCUT2D eigenvalue weighted by atomic mass is 32.1. The standard InChI is InChI=1S/C26H34F3N5O2S/c1-14(2)31-24(36)34-12-17(20-19(34)9-10-33(20)23(35)21(30)25(3,4)5)18-13-37-22(32-18)15-7-6-8-16(11-15)26(27,28)29/h6-8,11,13-14,17,19-21H,9-10,12,30H2,1-5H3,(H,31,36)/t17-,19-,20-,21-/m1/s1. The number of amides is 3. The van der Waals surface area contributed by atoms with Gasteiger partial charge < -0.3 is 20.9 Å². The Morgan fingerprint density at radius 2 is 1.89 bits per heavy atom. The molecule has 1 aromatic heterocycles. The Kier molecular flexibility index (Phi) is 7.33. The molecule has 2 aromatic rings. The van der Waals surface area contributed by atoms with E-state index in [0.717, 1.165) is 12.1 Å². The van der Waals surface area contributed by atoms with E-state index < -0.39 is 23.2 Å². The zero-order valence-electron chi connectivity index (χ0n) is 21.7. The Morgan fingerprint density at radius 1 is 1.19 bits per heavy atom. The van der Waals surface area contributed by atoms with Crippen LogP contribution in [0.1, 0.15) is 58.2 Å². The summed E-state index contributed by atoms with van der Waals surface area (Å²) in [5, 5.41) is 5.23. The summed E-state index contributed by atoms with van der Waals surface area (Å²) in [5.41, 5.74) is 6.21. The maximum atomic E-state index is 13.5. The molecule has 0 spiro atoms. The van der Waals surface area contributed by atoms with E-state index in [-0.39, 0.29) is 36.0 Å². The van der Waals surface area contributed by atoms with Crippen molar-refractivity contribution in [2.24, 2.45) is 11.1 Å². The first-order valence-electron chi connectivity index (χ1n) is 12.4. The number of fused-ring (bicyclic) bond motifs is 1. The molecule has 37 heavy (non-hydrogen) atoms. The van der Waals surface area contributed by atoms with Crippen LogP contribution in [0.3, 0.4) is 0 Å². The predicted octanol–water partition coefficient (Wildman–Crippen LogP) is 4.69. The second-order valence-corrected chi connectivity index (χ2v) is 12.1. The Balaban J connectivity index is 1.68. The van der Waals surface area contributed by atoms with Crippen molar-refractivity contribution in [1.82, 2.24) is 20.1 Å². The Hall–Kier alpha value is -2.66. The molecule has 0 bridgehead atoms. The minimum absolute atomic E-state index is 0.0507. The summed E-state index contributed by atoms with van der Waals surface area (Å²) in [6, 6.07) is 3.64. The highest BCUT2D eigenvalue weighted by Gasteiger charge is 2.54. The van der Waals surface area contributed by atoms with E-state index in [0.29, 0.717) is 35.8 Å². The molecule has 202 valence electrons. The highest BCUT2D eigenvalue weighted by Crippen LogP contribution is 2.43. The minimum atomic E-state index is -4.45. The lowest BCUT2D eigenvalue weighted by Gasteiger charge is -2.34. The Labute approximate surface area is 219 Å². The lowest BCUT2D eigenvalue weighted by molar-refractivity contribution is -0.137. The molecule has 3 N–H and O–H groups in total. The van der Waals surface area contributed by atoms with Gasteiger partial charge in [0.05, 0.1) is 29.4 Å². The van der Waals surface area contributed by atoms with Gasteiger partial charge in [-0.05, 0) is 37.8 Å². The molecule has 2 aliphatic rings. The molecule has 3 amide bonds. The number of aromatic nitrogens is 1. The van der Waals surface area contributed by atoms with Crippen molar-refractivity contribution in [2.75, 3.05) is 13.1 Å². The maximum Gasteiger partial charge on any atom is 0.416 e. The number of urea groups is 1. The average molecular weight is 538 g/mol. The quantitative estimate of drug-likeness (QED) is 0.592. The van der Waals surface area contributed by atoms with Crippen molar-refractivity contribution < 1.29 is 22.8 Å². The number of halogens is 3. The number of carbonyl (C=O) groups excluding carboxylic acids is 2. The third-order valence-electron chi connectivity index (χ3n) is 7.12. The van der Waals surface area contributed by atoms with Crippen molar-refractivity contribution in [2.45, 2.75) is 77.3 Å². The van der Waals surface area contributed by atoms with Gasteiger partial charge in [-0.1, -0.05) is 32.9 Å². The van der Waals surface area contributed by atoms with Gasteiger partial charge in [-0.15, -0.1) is 11.3 Å². The number of benzene rings is 1. The summed E-state index contributed by atoms with van der Waals surface area (Å²) >= 11 is 1.26. The van der Waals surface area contributed by atoms with Crippen molar-refractivity contribution >= 4 is 23.3 Å². The van der Waals surface area contributed by atoms with E-state index in [9.17, 15) is 22.8 Å². The smallest absolute Gasteiger partial charge is 0.336 e. The molecule has 2 aliphatic heterocycles. The third kappa shape index (κ3) is 5.47. The lowest BCUT2D eigenvalue weighted by atomic mass is 9.86. The molecule has 0 radical (unpaired) electrons. The molecular weight excluding hydrogens is 503 g/mol. The van der Waals surface area contributed by atoms with E-state index >= 15 is 0 Å². The Bertz CT molecular complexity index is 1160. The van der Waals surface area contributed by atoms with Crippen LogP contribution in [-0.4, -0.2) is 64.0 Å². The van der Waals surface area contributed by atoms with Crippen LogP contribution in [0.4, 0.5) is 18.0 Å². The zero-order chi connectivity index (χ0) is 27.3. The summed E-state index contributed by atoms with van der Waals surface area (Å²) in [5.74, 6) is -0.443. The van der Waals surface area contributed by atoms with Gasteiger partial charge in [-0.2, -0.15) is 13.2 Å². The van der Waals surface area contributed by atoms with E-state index in [1.165, 1.54) is 17.4 Å². The zero-order valence-corrected chi connectivity index (χ0v) is 22.5. The number of carbonyl (C=O) groups is 2. The second kappa shape index (κ2) is 9.90. The Morgan fingerprint density at radius 3 is 2.51 bits per heavy atom. The first kappa shape index (κ1) is 27.4. The molecule has 1 aromatic carbocycles. The number of nitrogens with zero attached hydrogens (tertiary/aromatic N) is 3. The number of alkyl halides is 3. The highest BCUT2D eigenvalue weighted by molar-refractivity contribution is 7.13. The molecule has 0 saturated carbocycles. The molecule has 0 aliphatic carbocycles. The van der Waals surface area contributed by atoms with Crippen LogP contribution in [0.25, 0.3) is 10.6 Å². The first-order chi connectivity index (χ1) is 17.2. The summed E-state index contributed by atoms with van der Waals surface area (Å²) in [6.07, 6.45) is -3.82. The van der Waals surface area contributed by atoms with Crippen LogP contribution in [0.15, 0.2) is 29.6 Å². The fourth-order valence-electron chi connectivity index (χ4n) is 5.14. The van der Waals surface area contributed by atoms with Gasteiger partial charge in [-0.25, -0.2) is 9.78 Å². The molecule has 11 heteroatoms. The van der Waals surface area contributed by atoms with Crippen LogP contribution in [0.2, 0.25) is 0 Å². The fourth-order valence-corrected chi connectivity index (χ4v) is 6.02. The van der Waals surface area contributed by atoms with Gasteiger partial charge in [0.25, 0.3) is 0 Å². The van der Waals surface area contributed by atoms with E-state index in [2.05, 4.69) is 5.32 Å². The largest absolute Gasteiger partial charge is 0.416 e. The molecule has 0 unspecified atom stereocenters. The van der Waals surface area contributed by atoms with Crippen molar-refractivity contribution in [3.8, 4) is 10.6 Å². The number of rotatable bonds is 4. The van der Waals surface area contributed by atoms with Crippen LogP contribution in [0.5, 0.6) is 0 Å². The van der Waals surface area contributed by atoms with Crippen LogP contribution in [-0.2, 0) is 11.0 Å². The summed E-state index contributed by atoms with van der Waals surface area (Å²) in [7, 11) is 0. The van der Waals surface area contributed by atoms with Crippen LogP contribution >= 0.6 is 11.3 Å². The van der Waals surface area contributed by atoms with Gasteiger partial charge in [0, 0.05) is 36.0 Å². The number of thiazole rings is 1. The van der Waals surface area contributed by atoms with Gasteiger partial charge in [0.2, 0.25) is 5.91 Å². The number of hydrogen-bond donors (Lipinski definition) is 2.